The third-order valence-electron chi connectivity index (χ3n) is 4.47. The van der Waals surface area contributed by atoms with Gasteiger partial charge in [0, 0.05) is 18.6 Å². The zero-order valence-electron chi connectivity index (χ0n) is 8.00. The smallest absolute Gasteiger partial charge is 0.0127 e. The number of nitrogens with zero attached hydrogens (tertiary/aromatic N) is 1. The van der Waals surface area contributed by atoms with Crippen LogP contribution in [0.5, 0.6) is 0 Å². The molecular weight excluding hydrogens is 146 g/mol. The van der Waals surface area contributed by atoms with Crippen molar-refractivity contribution in [2.75, 3.05) is 6.54 Å². The van der Waals surface area contributed by atoms with Crippen LogP contribution in [0.15, 0.2) is 0 Å². The predicted octanol–water partition coefficient (Wildman–Crippen LogP) is 2.27. The van der Waals surface area contributed by atoms with Crippen LogP contribution in [0.3, 0.4) is 0 Å². The van der Waals surface area contributed by atoms with Gasteiger partial charge in [0.1, 0.15) is 0 Å². The highest BCUT2D eigenvalue weighted by molar-refractivity contribution is 4.98. The van der Waals surface area contributed by atoms with Crippen LogP contribution in [0, 0.1) is 11.8 Å². The summed E-state index contributed by atoms with van der Waals surface area (Å²) in [4.78, 5) is 2.81. The van der Waals surface area contributed by atoms with E-state index in [9.17, 15) is 0 Å². The lowest BCUT2D eigenvalue weighted by atomic mass is 9.91. The van der Waals surface area contributed by atoms with Gasteiger partial charge in [-0.15, -0.1) is 0 Å². The molecule has 3 aliphatic rings. The molecule has 0 spiro atoms. The van der Waals surface area contributed by atoms with Crippen molar-refractivity contribution in [3.63, 3.8) is 0 Å². The summed E-state index contributed by atoms with van der Waals surface area (Å²) < 4.78 is 0. The van der Waals surface area contributed by atoms with Gasteiger partial charge >= 0.3 is 0 Å². The molecule has 1 saturated carbocycles. The Morgan fingerprint density at radius 3 is 2.92 bits per heavy atom. The molecule has 4 atom stereocenters. The van der Waals surface area contributed by atoms with Crippen LogP contribution in [-0.2, 0) is 0 Å². The topological polar surface area (TPSA) is 3.24 Å². The fourth-order valence-electron chi connectivity index (χ4n) is 3.82. The van der Waals surface area contributed by atoms with Gasteiger partial charge in [-0.25, -0.2) is 0 Å². The summed E-state index contributed by atoms with van der Waals surface area (Å²) in [5.41, 5.74) is 0. The summed E-state index contributed by atoms with van der Waals surface area (Å²) in [6, 6.07) is 1.90. The molecule has 1 nitrogen and oxygen atoms in total. The number of hydrogen-bond donors (Lipinski definition) is 0. The van der Waals surface area contributed by atoms with Crippen molar-refractivity contribution in [3.05, 3.63) is 0 Å². The molecule has 2 heterocycles. The molecule has 1 aliphatic carbocycles. The van der Waals surface area contributed by atoms with Crippen LogP contribution < -0.4 is 0 Å². The Bertz CT molecular complexity index is 189. The average molecular weight is 165 g/mol. The maximum atomic E-state index is 2.81. The Balaban J connectivity index is 1.85. The standard InChI is InChI=1S/C11H19N/c1-8-2-5-11-10-4-3-9(6-10)7-12(8)11/h8-11H,2-7H2,1H3. The summed E-state index contributed by atoms with van der Waals surface area (Å²) >= 11 is 0. The Kier molecular flexibility index (Phi) is 1.52. The molecule has 3 rings (SSSR count). The summed E-state index contributed by atoms with van der Waals surface area (Å²) in [5, 5.41) is 0. The fraction of sp³-hybridized carbons (Fsp3) is 1.00. The van der Waals surface area contributed by atoms with Gasteiger partial charge in [-0.1, -0.05) is 0 Å². The molecule has 0 N–H and O–H groups in total. The molecule has 2 saturated heterocycles. The molecule has 12 heavy (non-hydrogen) atoms. The fourth-order valence-corrected chi connectivity index (χ4v) is 3.82. The van der Waals surface area contributed by atoms with Gasteiger partial charge in [0.05, 0.1) is 0 Å². The monoisotopic (exact) mass is 165 g/mol. The van der Waals surface area contributed by atoms with Crippen LogP contribution in [0.2, 0.25) is 0 Å². The van der Waals surface area contributed by atoms with Crippen molar-refractivity contribution in [1.82, 2.24) is 4.90 Å². The van der Waals surface area contributed by atoms with Gasteiger partial charge in [0.2, 0.25) is 0 Å². The highest BCUT2D eigenvalue weighted by Gasteiger charge is 2.44. The molecule has 0 aromatic heterocycles. The Morgan fingerprint density at radius 2 is 2.00 bits per heavy atom. The van der Waals surface area contributed by atoms with Gasteiger partial charge in [-0.05, 0) is 50.9 Å². The summed E-state index contributed by atoms with van der Waals surface area (Å²) in [7, 11) is 0. The van der Waals surface area contributed by atoms with Crippen molar-refractivity contribution in [2.45, 2.75) is 51.1 Å². The molecule has 68 valence electrons. The lowest BCUT2D eigenvalue weighted by Gasteiger charge is -2.37. The van der Waals surface area contributed by atoms with E-state index in [0.717, 1.165) is 23.9 Å². The maximum Gasteiger partial charge on any atom is 0.0127 e. The molecule has 0 amide bonds. The third-order valence-corrected chi connectivity index (χ3v) is 4.47. The lowest BCUT2D eigenvalue weighted by Crippen LogP contribution is -2.44. The first-order valence-corrected chi connectivity index (χ1v) is 5.60. The quantitative estimate of drug-likeness (QED) is 0.532. The predicted molar refractivity (Wildman–Crippen MR) is 50.0 cm³/mol. The van der Waals surface area contributed by atoms with E-state index in [0.29, 0.717) is 0 Å². The van der Waals surface area contributed by atoms with E-state index in [2.05, 4.69) is 11.8 Å². The van der Waals surface area contributed by atoms with E-state index >= 15 is 0 Å². The number of rotatable bonds is 0. The minimum atomic E-state index is 0.901. The van der Waals surface area contributed by atoms with Crippen molar-refractivity contribution in [2.24, 2.45) is 11.8 Å². The first kappa shape index (κ1) is 7.37. The summed E-state index contributed by atoms with van der Waals surface area (Å²) in [6.45, 7) is 3.85. The van der Waals surface area contributed by atoms with E-state index in [-0.39, 0.29) is 0 Å². The molecule has 0 aromatic rings. The van der Waals surface area contributed by atoms with E-state index in [4.69, 9.17) is 0 Å². The van der Waals surface area contributed by atoms with E-state index in [1.807, 2.05) is 0 Å². The van der Waals surface area contributed by atoms with Gasteiger partial charge in [0.25, 0.3) is 0 Å². The molecular formula is C11H19N. The number of hydrogen-bond acceptors (Lipinski definition) is 1. The number of piperidine rings is 1. The molecule has 0 aromatic carbocycles. The first-order chi connectivity index (χ1) is 5.84. The van der Waals surface area contributed by atoms with E-state index < -0.39 is 0 Å². The zero-order valence-corrected chi connectivity index (χ0v) is 8.00. The van der Waals surface area contributed by atoms with Crippen LogP contribution in [0.4, 0.5) is 0 Å². The summed E-state index contributed by atoms with van der Waals surface area (Å²) in [5.74, 6) is 2.17. The van der Waals surface area contributed by atoms with Gasteiger partial charge in [0.15, 0.2) is 0 Å². The summed E-state index contributed by atoms with van der Waals surface area (Å²) in [6.07, 6.45) is 7.60. The van der Waals surface area contributed by atoms with Crippen LogP contribution in [0.25, 0.3) is 0 Å². The Labute approximate surface area is 75.1 Å². The molecule has 2 bridgehead atoms. The largest absolute Gasteiger partial charge is 0.297 e. The van der Waals surface area contributed by atoms with E-state index in [1.54, 1.807) is 12.8 Å². The minimum absolute atomic E-state index is 0.901. The lowest BCUT2D eigenvalue weighted by molar-refractivity contribution is 0.102. The van der Waals surface area contributed by atoms with Gasteiger partial charge in [-0.2, -0.15) is 0 Å². The van der Waals surface area contributed by atoms with Crippen LogP contribution in [-0.4, -0.2) is 23.5 Å². The van der Waals surface area contributed by atoms with Crippen molar-refractivity contribution in [3.8, 4) is 0 Å². The SMILES string of the molecule is CC1CCC2C3CCC(C3)CN12. The van der Waals surface area contributed by atoms with Crippen LogP contribution in [0.1, 0.15) is 39.0 Å². The minimum Gasteiger partial charge on any atom is -0.297 e. The normalized spacial score (nSPS) is 52.8. The first-order valence-electron chi connectivity index (χ1n) is 5.60. The zero-order chi connectivity index (χ0) is 8.13. The molecule has 4 unspecified atom stereocenters. The van der Waals surface area contributed by atoms with Crippen molar-refractivity contribution >= 4 is 0 Å². The highest BCUT2D eigenvalue weighted by atomic mass is 15.2. The second-order valence-electron chi connectivity index (χ2n) is 5.13. The third kappa shape index (κ3) is 0.891. The van der Waals surface area contributed by atoms with Crippen molar-refractivity contribution in [1.29, 1.82) is 0 Å². The van der Waals surface area contributed by atoms with Crippen LogP contribution >= 0.6 is 0 Å². The number of fused-ring (bicyclic) bond motifs is 4. The molecule has 0 radical (unpaired) electrons. The van der Waals surface area contributed by atoms with E-state index in [1.165, 1.54) is 25.8 Å². The molecule has 1 heteroatoms. The van der Waals surface area contributed by atoms with Gasteiger partial charge < -0.3 is 0 Å². The van der Waals surface area contributed by atoms with Gasteiger partial charge in [-0.3, -0.25) is 4.90 Å². The maximum absolute atomic E-state index is 2.81. The second kappa shape index (κ2) is 2.47. The second-order valence-corrected chi connectivity index (χ2v) is 5.13. The average Bonchev–Trinajstić information content (AvgIpc) is 2.61. The molecule has 3 fully saturated rings. The Hall–Kier alpha value is -0.0400. The molecule has 2 aliphatic heterocycles. The highest BCUT2D eigenvalue weighted by Crippen LogP contribution is 2.45. The van der Waals surface area contributed by atoms with Crippen molar-refractivity contribution < 1.29 is 0 Å². The Morgan fingerprint density at radius 1 is 1.08 bits per heavy atom.